The predicted octanol–water partition coefficient (Wildman–Crippen LogP) is -1.18. The first-order valence-corrected chi connectivity index (χ1v) is 10.9. The van der Waals surface area contributed by atoms with Crippen LogP contribution in [0, 0.1) is 0 Å². The molecule has 0 aliphatic carbocycles. The lowest BCUT2D eigenvalue weighted by Crippen LogP contribution is -2.71. The second kappa shape index (κ2) is 12.5. The van der Waals surface area contributed by atoms with Crippen molar-refractivity contribution in [2.75, 3.05) is 48.8 Å². The van der Waals surface area contributed by atoms with Gasteiger partial charge >= 0.3 is 0 Å². The Balaban J connectivity index is 5.26. The van der Waals surface area contributed by atoms with Gasteiger partial charge in [0.05, 0.1) is 16.8 Å². The zero-order chi connectivity index (χ0) is 18.6. The van der Waals surface area contributed by atoms with Crippen LogP contribution in [-0.4, -0.2) is 92.7 Å². The molecule has 0 saturated carbocycles. The van der Waals surface area contributed by atoms with Crippen LogP contribution >= 0.6 is 0 Å². The van der Waals surface area contributed by atoms with Gasteiger partial charge in [0.1, 0.15) is 17.6 Å². The molecule has 0 aromatic carbocycles. The summed E-state index contributed by atoms with van der Waals surface area (Å²) in [6.07, 6.45) is 1.58. The van der Waals surface area contributed by atoms with E-state index in [1.165, 1.54) is 0 Å². The average molecular weight is 384 g/mol. The van der Waals surface area contributed by atoms with Gasteiger partial charge in [-0.1, -0.05) is 13.3 Å². The molecule has 0 rings (SSSR count). The monoisotopic (exact) mass is 383 g/mol. The van der Waals surface area contributed by atoms with Gasteiger partial charge in [-0.05, 0) is 12.5 Å². The summed E-state index contributed by atoms with van der Waals surface area (Å²) < 4.78 is 34.1. The first kappa shape index (κ1) is 24.2. The SMILES string of the molecule is CCCCOCC(OC)C([SiH3])(NC(OC)(OC)C(C[SiH3])OC)OC. The van der Waals surface area contributed by atoms with Crippen LogP contribution in [-0.2, 0) is 28.4 Å². The maximum absolute atomic E-state index is 5.79. The van der Waals surface area contributed by atoms with Gasteiger partial charge in [0.15, 0.2) is 0 Å². The molecule has 3 atom stereocenters. The lowest BCUT2D eigenvalue weighted by Gasteiger charge is -2.46. The largest absolute Gasteiger partial charge is 0.379 e. The van der Waals surface area contributed by atoms with Gasteiger partial charge in [0, 0.05) is 52.4 Å². The number of hydrogen-bond acceptors (Lipinski definition) is 7. The highest BCUT2D eigenvalue weighted by Crippen LogP contribution is 2.24. The van der Waals surface area contributed by atoms with Crippen molar-refractivity contribution < 1.29 is 28.4 Å². The second-order valence-electron chi connectivity index (χ2n) is 5.80. The van der Waals surface area contributed by atoms with E-state index in [-0.39, 0.29) is 12.2 Å². The Morgan fingerprint density at radius 3 is 1.92 bits per heavy atom. The molecule has 0 saturated heterocycles. The predicted molar refractivity (Wildman–Crippen MR) is 102 cm³/mol. The van der Waals surface area contributed by atoms with Crippen molar-refractivity contribution in [3.63, 3.8) is 0 Å². The molecule has 0 aromatic heterocycles. The summed E-state index contributed by atoms with van der Waals surface area (Å²) >= 11 is 0. The second-order valence-corrected chi connectivity index (χ2v) is 8.10. The normalized spacial score (nSPS) is 17.8. The fourth-order valence-electron chi connectivity index (χ4n) is 2.62. The molecule has 0 radical (unpaired) electrons. The highest BCUT2D eigenvalue weighted by Gasteiger charge is 2.48. The Kier molecular flexibility index (Phi) is 12.6. The molecular weight excluding hydrogens is 346 g/mol. The van der Waals surface area contributed by atoms with Crippen molar-refractivity contribution in [1.82, 2.24) is 5.32 Å². The van der Waals surface area contributed by atoms with E-state index in [9.17, 15) is 0 Å². The smallest absolute Gasteiger partial charge is 0.256 e. The minimum atomic E-state index is -1.10. The average Bonchev–Trinajstić information content (AvgIpc) is 2.61. The van der Waals surface area contributed by atoms with Crippen LogP contribution in [0.2, 0.25) is 6.04 Å². The van der Waals surface area contributed by atoms with E-state index in [0.29, 0.717) is 23.5 Å². The molecule has 0 aromatic rings. The summed E-state index contributed by atoms with van der Waals surface area (Å²) in [5, 5.41) is 2.62. The first-order chi connectivity index (χ1) is 11.4. The van der Waals surface area contributed by atoms with Gasteiger partial charge in [0.25, 0.3) is 5.91 Å². The van der Waals surface area contributed by atoms with Gasteiger partial charge in [-0.3, -0.25) is 0 Å². The first-order valence-electron chi connectivity index (χ1n) is 8.51. The van der Waals surface area contributed by atoms with Crippen molar-refractivity contribution in [2.45, 2.75) is 49.3 Å². The van der Waals surface area contributed by atoms with Crippen molar-refractivity contribution in [2.24, 2.45) is 0 Å². The highest BCUT2D eigenvalue weighted by molar-refractivity contribution is 6.14. The van der Waals surface area contributed by atoms with Crippen molar-refractivity contribution in [3.05, 3.63) is 0 Å². The molecule has 9 heteroatoms. The third kappa shape index (κ3) is 6.47. The van der Waals surface area contributed by atoms with Crippen molar-refractivity contribution in [3.8, 4) is 0 Å². The van der Waals surface area contributed by atoms with Crippen LogP contribution in [0.4, 0.5) is 0 Å². The maximum atomic E-state index is 5.79. The Hall–Kier alpha value is 0.154. The van der Waals surface area contributed by atoms with Gasteiger partial charge in [-0.2, -0.15) is 0 Å². The van der Waals surface area contributed by atoms with Crippen LogP contribution in [0.3, 0.4) is 0 Å². The molecule has 1 N–H and O–H groups in total. The molecule has 3 unspecified atom stereocenters. The number of methoxy groups -OCH3 is 5. The van der Waals surface area contributed by atoms with Crippen molar-refractivity contribution >= 4 is 20.5 Å². The van der Waals surface area contributed by atoms with Gasteiger partial charge in [-0.15, -0.1) is 0 Å². The molecule has 0 bridgehead atoms. The zero-order valence-electron chi connectivity index (χ0n) is 16.6. The minimum Gasteiger partial charge on any atom is -0.379 e. The quantitative estimate of drug-likeness (QED) is 0.217. The number of rotatable bonds is 15. The summed E-state index contributed by atoms with van der Waals surface area (Å²) in [5.74, 6) is -1.10. The molecule has 0 amide bonds. The number of nitrogens with one attached hydrogen (secondary N) is 1. The highest BCUT2D eigenvalue weighted by atomic mass is 28.1. The van der Waals surface area contributed by atoms with E-state index in [1.54, 1.807) is 35.5 Å². The van der Waals surface area contributed by atoms with Crippen LogP contribution in [0.15, 0.2) is 0 Å². The molecule has 0 spiro atoms. The fraction of sp³-hybridized carbons (Fsp3) is 1.00. The van der Waals surface area contributed by atoms with Gasteiger partial charge in [0.2, 0.25) is 0 Å². The summed E-state index contributed by atoms with van der Waals surface area (Å²) in [5.41, 5.74) is 0. The Morgan fingerprint density at radius 1 is 0.958 bits per heavy atom. The Bertz CT molecular complexity index is 318. The van der Waals surface area contributed by atoms with Crippen molar-refractivity contribution in [1.29, 1.82) is 0 Å². The Morgan fingerprint density at radius 2 is 1.54 bits per heavy atom. The minimum absolute atomic E-state index is 0.249. The van der Waals surface area contributed by atoms with E-state index in [2.05, 4.69) is 12.2 Å². The summed E-state index contributed by atoms with van der Waals surface area (Å²) in [7, 11) is 9.73. The molecular formula is C15H37NO6Si2. The van der Waals surface area contributed by atoms with Crippen LogP contribution < -0.4 is 5.32 Å². The lowest BCUT2D eigenvalue weighted by molar-refractivity contribution is -0.304. The lowest BCUT2D eigenvalue weighted by atomic mass is 10.2. The molecule has 24 heavy (non-hydrogen) atoms. The topological polar surface area (TPSA) is 67.4 Å². The molecule has 0 aliphatic heterocycles. The van der Waals surface area contributed by atoms with E-state index >= 15 is 0 Å². The van der Waals surface area contributed by atoms with Crippen LogP contribution in [0.5, 0.6) is 0 Å². The number of hydrogen-bond donors (Lipinski definition) is 1. The number of ether oxygens (including phenoxy) is 6. The fourth-order valence-corrected chi connectivity index (χ4v) is 4.24. The molecule has 7 nitrogen and oxygen atoms in total. The van der Waals surface area contributed by atoms with E-state index < -0.39 is 11.3 Å². The summed E-state index contributed by atoms with van der Waals surface area (Å²) in [4.78, 5) is 0. The molecule has 146 valence electrons. The van der Waals surface area contributed by atoms with Gasteiger partial charge in [-0.25, -0.2) is 5.32 Å². The van der Waals surface area contributed by atoms with Crippen LogP contribution in [0.25, 0.3) is 0 Å². The zero-order valence-corrected chi connectivity index (χ0v) is 20.6. The number of unbranched alkanes of at least 4 members (excludes halogenated alkanes) is 1. The van der Waals surface area contributed by atoms with E-state index in [1.807, 2.05) is 0 Å². The third-order valence-corrected chi connectivity index (χ3v) is 6.39. The summed E-state index contributed by atoms with van der Waals surface area (Å²) in [6.45, 7) is 3.27. The van der Waals surface area contributed by atoms with E-state index in [4.69, 9.17) is 28.4 Å². The molecule has 0 heterocycles. The van der Waals surface area contributed by atoms with Crippen LogP contribution in [0.1, 0.15) is 19.8 Å². The molecule has 0 aliphatic rings. The standard InChI is InChI=1S/C15H37NO6Si2/c1-7-8-9-22-10-12(17-2)15(24,21-6)16-14(19-4,20-5)13(11-23)18-3/h12-13,16H,7-11H2,1-6,23-24H3. The molecule has 0 fully saturated rings. The summed E-state index contributed by atoms with van der Waals surface area (Å²) in [6, 6.07) is 0.844. The maximum Gasteiger partial charge on any atom is 0.256 e. The van der Waals surface area contributed by atoms with Gasteiger partial charge < -0.3 is 28.4 Å². The Labute approximate surface area is 152 Å². The van der Waals surface area contributed by atoms with E-state index in [0.717, 1.165) is 29.1 Å². The third-order valence-electron chi connectivity index (χ3n) is 4.34.